The second kappa shape index (κ2) is 9.56. The van der Waals surface area contributed by atoms with Crippen molar-refractivity contribution in [3.8, 4) is 16.9 Å². The van der Waals surface area contributed by atoms with Crippen LogP contribution >= 0.6 is 34.8 Å². The first-order valence-electron chi connectivity index (χ1n) is 9.65. The van der Waals surface area contributed by atoms with Crippen LogP contribution in [0.4, 0.5) is 0 Å². The smallest absolute Gasteiger partial charge is 0.270 e. The number of hydrogen-bond donors (Lipinski definition) is 1. The van der Waals surface area contributed by atoms with E-state index in [0.717, 1.165) is 17.5 Å². The Hall–Kier alpha value is -2.79. The second-order valence-corrected chi connectivity index (χ2v) is 8.12. The average Bonchev–Trinajstić information content (AvgIpc) is 3.22. The molecule has 31 heavy (non-hydrogen) atoms. The molecule has 0 aliphatic heterocycles. The van der Waals surface area contributed by atoms with E-state index >= 15 is 0 Å². The summed E-state index contributed by atoms with van der Waals surface area (Å²) in [6.45, 7) is 0.497. The van der Waals surface area contributed by atoms with E-state index < -0.39 is 0 Å². The Kier molecular flexibility index (Phi) is 6.62. The van der Waals surface area contributed by atoms with Crippen LogP contribution in [0.15, 0.2) is 78.9 Å². The predicted octanol–water partition coefficient (Wildman–Crippen LogP) is 6.47. The Bertz CT molecular complexity index is 1220. The lowest BCUT2D eigenvalue weighted by molar-refractivity contribution is 0.0946. The maximum absolute atomic E-state index is 13.0. The fourth-order valence-corrected chi connectivity index (χ4v) is 3.74. The molecule has 0 fully saturated rings. The van der Waals surface area contributed by atoms with Gasteiger partial charge in [-0.2, -0.15) is 5.10 Å². The fraction of sp³-hybridized carbons (Fsp3) is 0.0833. The molecular formula is C24H18Cl3N3O. The number of aromatic nitrogens is 2. The van der Waals surface area contributed by atoms with Crippen molar-refractivity contribution in [3.63, 3.8) is 0 Å². The van der Waals surface area contributed by atoms with Crippen molar-refractivity contribution < 1.29 is 4.79 Å². The quantitative estimate of drug-likeness (QED) is 0.351. The Labute approximate surface area is 195 Å². The summed E-state index contributed by atoms with van der Waals surface area (Å²) in [6, 6.07) is 24.2. The van der Waals surface area contributed by atoms with Crippen LogP contribution in [0.5, 0.6) is 0 Å². The SMILES string of the molecule is O=C(NCCc1ccccc1)c1cc(-c2ccccc2Cl)nn1-c1ccc(Cl)c(Cl)c1. The first kappa shape index (κ1) is 21.4. The molecule has 0 saturated carbocycles. The number of nitrogens with one attached hydrogen (secondary N) is 1. The molecular weight excluding hydrogens is 453 g/mol. The number of amides is 1. The van der Waals surface area contributed by atoms with Crippen molar-refractivity contribution in [1.82, 2.24) is 15.1 Å². The zero-order valence-corrected chi connectivity index (χ0v) is 18.6. The molecule has 0 aliphatic carbocycles. The van der Waals surface area contributed by atoms with Crippen LogP contribution in [0.25, 0.3) is 16.9 Å². The molecule has 1 amide bonds. The molecule has 3 aromatic carbocycles. The van der Waals surface area contributed by atoms with Gasteiger partial charge in [-0.15, -0.1) is 0 Å². The highest BCUT2D eigenvalue weighted by molar-refractivity contribution is 6.42. The van der Waals surface area contributed by atoms with Gasteiger partial charge >= 0.3 is 0 Å². The summed E-state index contributed by atoms with van der Waals surface area (Å²) >= 11 is 18.6. The minimum absolute atomic E-state index is 0.243. The molecule has 0 unspecified atom stereocenters. The molecule has 0 atom stereocenters. The van der Waals surface area contributed by atoms with Gasteiger partial charge in [0.2, 0.25) is 0 Å². The van der Waals surface area contributed by atoms with Gasteiger partial charge in [-0.3, -0.25) is 4.79 Å². The lowest BCUT2D eigenvalue weighted by Gasteiger charge is -2.09. The summed E-state index contributed by atoms with van der Waals surface area (Å²) in [6.07, 6.45) is 0.727. The van der Waals surface area contributed by atoms with E-state index in [0.29, 0.717) is 38.7 Å². The van der Waals surface area contributed by atoms with Gasteiger partial charge in [0.1, 0.15) is 5.69 Å². The summed E-state index contributed by atoms with van der Waals surface area (Å²) in [7, 11) is 0. The van der Waals surface area contributed by atoms with E-state index in [1.54, 1.807) is 35.0 Å². The standard InChI is InChI=1S/C24H18Cl3N3O/c25-19-9-5-4-8-18(19)22-15-23(24(31)28-13-12-16-6-2-1-3-7-16)30(29-22)17-10-11-20(26)21(27)14-17/h1-11,14-15H,12-13H2,(H,28,31). The minimum atomic E-state index is -0.243. The van der Waals surface area contributed by atoms with Gasteiger partial charge in [-0.1, -0.05) is 83.3 Å². The highest BCUT2D eigenvalue weighted by Gasteiger charge is 2.19. The minimum Gasteiger partial charge on any atom is -0.350 e. The molecule has 0 aliphatic rings. The topological polar surface area (TPSA) is 46.9 Å². The van der Waals surface area contributed by atoms with Crippen LogP contribution in [-0.4, -0.2) is 22.2 Å². The van der Waals surface area contributed by atoms with Gasteiger partial charge in [0, 0.05) is 12.1 Å². The van der Waals surface area contributed by atoms with Gasteiger partial charge in [0.25, 0.3) is 5.91 Å². The van der Waals surface area contributed by atoms with Crippen molar-refractivity contribution in [1.29, 1.82) is 0 Å². The normalized spacial score (nSPS) is 10.8. The predicted molar refractivity (Wildman–Crippen MR) is 127 cm³/mol. The van der Waals surface area contributed by atoms with Crippen molar-refractivity contribution in [3.05, 3.63) is 105 Å². The largest absolute Gasteiger partial charge is 0.350 e. The molecule has 4 aromatic rings. The number of benzene rings is 3. The third-order valence-corrected chi connectivity index (χ3v) is 5.85. The van der Waals surface area contributed by atoms with Crippen LogP contribution in [0.1, 0.15) is 16.1 Å². The summed E-state index contributed by atoms with van der Waals surface area (Å²) in [5.41, 5.74) is 3.48. The lowest BCUT2D eigenvalue weighted by Crippen LogP contribution is -2.27. The Balaban J connectivity index is 1.66. The number of carbonyl (C=O) groups excluding carboxylic acids is 1. The molecule has 156 valence electrons. The van der Waals surface area contributed by atoms with E-state index in [9.17, 15) is 4.79 Å². The van der Waals surface area contributed by atoms with Gasteiger partial charge in [-0.25, -0.2) is 4.68 Å². The van der Waals surface area contributed by atoms with Crippen LogP contribution in [0.3, 0.4) is 0 Å². The molecule has 1 heterocycles. The van der Waals surface area contributed by atoms with Crippen LogP contribution in [-0.2, 0) is 6.42 Å². The molecule has 4 nitrogen and oxygen atoms in total. The van der Waals surface area contributed by atoms with Crippen LogP contribution in [0, 0.1) is 0 Å². The number of carbonyl (C=O) groups is 1. The van der Waals surface area contributed by atoms with E-state index in [2.05, 4.69) is 10.4 Å². The monoisotopic (exact) mass is 469 g/mol. The summed E-state index contributed by atoms with van der Waals surface area (Å²) in [5, 5.41) is 8.97. The Morgan fingerprint density at radius 2 is 1.58 bits per heavy atom. The first-order chi connectivity index (χ1) is 15.0. The second-order valence-electron chi connectivity index (χ2n) is 6.90. The van der Waals surface area contributed by atoms with Crippen LogP contribution in [0.2, 0.25) is 15.1 Å². The van der Waals surface area contributed by atoms with Crippen molar-refractivity contribution in [2.75, 3.05) is 6.54 Å². The molecule has 1 aromatic heterocycles. The molecule has 0 radical (unpaired) electrons. The molecule has 0 saturated heterocycles. The maximum Gasteiger partial charge on any atom is 0.270 e. The van der Waals surface area contributed by atoms with Crippen molar-refractivity contribution in [2.45, 2.75) is 6.42 Å². The number of nitrogens with zero attached hydrogens (tertiary/aromatic N) is 2. The van der Waals surface area contributed by atoms with Crippen molar-refractivity contribution >= 4 is 40.7 Å². The third-order valence-electron chi connectivity index (χ3n) is 4.78. The summed E-state index contributed by atoms with van der Waals surface area (Å²) < 4.78 is 1.55. The Morgan fingerprint density at radius 3 is 2.32 bits per heavy atom. The van der Waals surface area contributed by atoms with Crippen LogP contribution < -0.4 is 5.32 Å². The van der Waals surface area contributed by atoms with Gasteiger partial charge in [0.05, 0.1) is 26.4 Å². The van der Waals surface area contributed by atoms with E-state index in [-0.39, 0.29) is 5.91 Å². The molecule has 0 spiro atoms. The number of hydrogen-bond acceptors (Lipinski definition) is 2. The lowest BCUT2D eigenvalue weighted by atomic mass is 10.1. The van der Waals surface area contributed by atoms with Gasteiger partial charge < -0.3 is 5.32 Å². The van der Waals surface area contributed by atoms with Crippen molar-refractivity contribution in [2.24, 2.45) is 0 Å². The van der Waals surface area contributed by atoms with E-state index in [1.807, 2.05) is 48.5 Å². The summed E-state index contributed by atoms with van der Waals surface area (Å²) in [4.78, 5) is 13.0. The Morgan fingerprint density at radius 1 is 0.839 bits per heavy atom. The fourth-order valence-electron chi connectivity index (χ4n) is 3.21. The first-order valence-corrected chi connectivity index (χ1v) is 10.8. The molecule has 1 N–H and O–H groups in total. The van der Waals surface area contributed by atoms with Gasteiger partial charge in [-0.05, 0) is 42.3 Å². The van der Waals surface area contributed by atoms with E-state index in [4.69, 9.17) is 34.8 Å². The number of rotatable bonds is 6. The molecule has 0 bridgehead atoms. The third kappa shape index (κ3) is 4.93. The highest BCUT2D eigenvalue weighted by Crippen LogP contribution is 2.30. The number of halogens is 3. The van der Waals surface area contributed by atoms with E-state index in [1.165, 1.54) is 0 Å². The maximum atomic E-state index is 13.0. The zero-order chi connectivity index (χ0) is 21.8. The molecule has 4 rings (SSSR count). The van der Waals surface area contributed by atoms with Gasteiger partial charge in [0.15, 0.2) is 0 Å². The zero-order valence-electron chi connectivity index (χ0n) is 16.4. The average molecular weight is 471 g/mol. The molecule has 7 heteroatoms. The summed E-state index contributed by atoms with van der Waals surface area (Å²) in [5.74, 6) is -0.243. The highest BCUT2D eigenvalue weighted by atomic mass is 35.5.